The van der Waals surface area contributed by atoms with Gasteiger partial charge in [0.15, 0.2) is 0 Å². The number of hydrogen-bond acceptors (Lipinski definition) is 2. The molecule has 2 heteroatoms. The maximum atomic E-state index is 12.8. The van der Waals surface area contributed by atoms with Crippen LogP contribution < -0.4 is 0 Å². The minimum Gasteiger partial charge on any atom is -0.393 e. The number of hydrogen-bond donors (Lipinski definition) is 1. The first-order valence-electron chi connectivity index (χ1n) is 13.3. The summed E-state index contributed by atoms with van der Waals surface area (Å²) in [5.41, 5.74) is 3.24. The molecule has 0 unspecified atom stereocenters. The fourth-order valence-corrected chi connectivity index (χ4v) is 9.43. The Morgan fingerprint density at radius 3 is 2.25 bits per heavy atom. The van der Waals surface area contributed by atoms with Gasteiger partial charge in [0, 0.05) is 11.8 Å². The van der Waals surface area contributed by atoms with E-state index in [9.17, 15) is 9.90 Å². The Hall–Kier alpha value is -0.890. The van der Waals surface area contributed by atoms with Crippen molar-refractivity contribution in [1.29, 1.82) is 0 Å². The molecule has 4 aliphatic carbocycles. The van der Waals surface area contributed by atoms with Crippen molar-refractivity contribution in [2.24, 2.45) is 45.3 Å². The molecule has 32 heavy (non-hydrogen) atoms. The van der Waals surface area contributed by atoms with Crippen LogP contribution in [0.5, 0.6) is 0 Å². The van der Waals surface area contributed by atoms with Crippen LogP contribution in [0.25, 0.3) is 0 Å². The Morgan fingerprint density at radius 1 is 0.938 bits per heavy atom. The largest absolute Gasteiger partial charge is 0.393 e. The highest BCUT2D eigenvalue weighted by Gasteiger charge is 2.57. The number of aliphatic hydroxyl groups excluding tert-OH is 1. The van der Waals surface area contributed by atoms with Gasteiger partial charge in [-0.05, 0) is 98.2 Å². The molecule has 0 saturated heterocycles. The topological polar surface area (TPSA) is 37.3 Å². The lowest BCUT2D eigenvalue weighted by atomic mass is 9.45. The predicted molar refractivity (Wildman–Crippen MR) is 133 cm³/mol. The number of ketones is 1. The lowest BCUT2D eigenvalue weighted by Crippen LogP contribution is -2.55. The van der Waals surface area contributed by atoms with Crippen molar-refractivity contribution in [3.8, 4) is 0 Å². The van der Waals surface area contributed by atoms with Crippen molar-refractivity contribution >= 4 is 5.78 Å². The van der Waals surface area contributed by atoms with Crippen molar-refractivity contribution in [3.05, 3.63) is 23.8 Å². The van der Waals surface area contributed by atoms with Crippen LogP contribution in [0.2, 0.25) is 0 Å². The van der Waals surface area contributed by atoms with E-state index in [2.05, 4.69) is 61.1 Å². The summed E-state index contributed by atoms with van der Waals surface area (Å²) in [7, 11) is 0. The van der Waals surface area contributed by atoms with E-state index in [0.29, 0.717) is 29.5 Å². The molecule has 0 radical (unpaired) electrons. The molecular weight excluding hydrogens is 392 g/mol. The quantitative estimate of drug-likeness (QED) is 0.461. The molecule has 1 N–H and O–H groups in total. The van der Waals surface area contributed by atoms with E-state index >= 15 is 0 Å². The molecule has 180 valence electrons. The molecule has 0 spiro atoms. The van der Waals surface area contributed by atoms with Gasteiger partial charge in [0.05, 0.1) is 6.10 Å². The number of carbonyl (C=O) groups excluding carboxylic acids is 1. The van der Waals surface area contributed by atoms with Crippen LogP contribution in [0.4, 0.5) is 0 Å². The van der Waals surface area contributed by atoms with Crippen molar-refractivity contribution in [3.63, 3.8) is 0 Å². The molecule has 0 heterocycles. The van der Waals surface area contributed by atoms with Gasteiger partial charge in [0.1, 0.15) is 5.78 Å². The van der Waals surface area contributed by atoms with Crippen LogP contribution in [0.3, 0.4) is 0 Å². The van der Waals surface area contributed by atoms with Crippen LogP contribution in [-0.4, -0.2) is 17.0 Å². The number of aliphatic hydroxyl groups is 1. The van der Waals surface area contributed by atoms with Crippen molar-refractivity contribution in [2.75, 3.05) is 0 Å². The van der Waals surface area contributed by atoms with Crippen LogP contribution in [0.1, 0.15) is 106 Å². The molecule has 2 nitrogen and oxygen atoms in total. The Labute approximate surface area is 197 Å². The zero-order chi connectivity index (χ0) is 23.7. The average molecular weight is 441 g/mol. The SMILES string of the molecule is C=C1CC[C@H]2C(C)(C)[C@@H](O)CC[C@@]2(C)[C@H]1CC[C@H]1C(C)=CC[C@H]2C(C)(C)C(=O)CC[C@@]12C. The van der Waals surface area contributed by atoms with E-state index in [1.165, 1.54) is 24.8 Å². The van der Waals surface area contributed by atoms with Crippen molar-refractivity contribution in [2.45, 2.75) is 112 Å². The normalized spacial score (nSPS) is 45.6. The fraction of sp³-hybridized carbons (Fsp3) is 0.833. The summed E-state index contributed by atoms with van der Waals surface area (Å²) in [6, 6.07) is 0. The molecule has 0 aromatic heterocycles. The summed E-state index contributed by atoms with van der Waals surface area (Å²) in [5, 5.41) is 10.8. The fourth-order valence-electron chi connectivity index (χ4n) is 9.43. The maximum Gasteiger partial charge on any atom is 0.138 e. The van der Waals surface area contributed by atoms with E-state index in [1.807, 2.05) is 0 Å². The summed E-state index contributed by atoms with van der Waals surface area (Å²) < 4.78 is 0. The van der Waals surface area contributed by atoms with Gasteiger partial charge in [-0.3, -0.25) is 4.79 Å². The van der Waals surface area contributed by atoms with Crippen molar-refractivity contribution in [1.82, 2.24) is 0 Å². The first kappa shape index (κ1) is 24.2. The molecule has 7 atom stereocenters. The molecule has 0 aliphatic heterocycles. The summed E-state index contributed by atoms with van der Waals surface area (Å²) in [6.45, 7) is 20.9. The molecule has 0 bridgehead atoms. The lowest BCUT2D eigenvalue weighted by molar-refractivity contribution is -0.143. The lowest BCUT2D eigenvalue weighted by Gasteiger charge is -2.60. The second-order valence-corrected chi connectivity index (χ2v) is 13.7. The summed E-state index contributed by atoms with van der Waals surface area (Å²) in [6.07, 6.45) is 11.8. The average Bonchev–Trinajstić information content (AvgIpc) is 2.69. The van der Waals surface area contributed by atoms with Gasteiger partial charge in [-0.15, -0.1) is 0 Å². The Bertz CT molecular complexity index is 817. The molecule has 0 aromatic rings. The van der Waals surface area contributed by atoms with Gasteiger partial charge in [-0.2, -0.15) is 0 Å². The van der Waals surface area contributed by atoms with Gasteiger partial charge in [0.25, 0.3) is 0 Å². The highest BCUT2D eigenvalue weighted by molar-refractivity contribution is 5.85. The number of Topliss-reactive ketones (excluding diaryl/α,β-unsaturated/α-hetero) is 1. The minimum atomic E-state index is -0.211. The Balaban J connectivity index is 1.59. The molecule has 4 rings (SSSR count). The number of rotatable bonds is 3. The first-order valence-corrected chi connectivity index (χ1v) is 13.3. The van der Waals surface area contributed by atoms with Crippen LogP contribution in [-0.2, 0) is 4.79 Å². The van der Waals surface area contributed by atoms with Gasteiger partial charge in [-0.1, -0.05) is 65.3 Å². The number of allylic oxidation sites excluding steroid dienone is 3. The second kappa shape index (κ2) is 7.82. The predicted octanol–water partition coefficient (Wildman–Crippen LogP) is 7.51. The van der Waals surface area contributed by atoms with E-state index in [-0.39, 0.29) is 27.8 Å². The molecule has 0 amide bonds. The Kier molecular flexibility index (Phi) is 5.93. The smallest absolute Gasteiger partial charge is 0.138 e. The monoisotopic (exact) mass is 440 g/mol. The second-order valence-electron chi connectivity index (χ2n) is 13.7. The summed E-state index contributed by atoms with van der Waals surface area (Å²) >= 11 is 0. The third kappa shape index (κ3) is 3.41. The van der Waals surface area contributed by atoms with Gasteiger partial charge in [-0.25, -0.2) is 0 Å². The van der Waals surface area contributed by atoms with Crippen LogP contribution in [0.15, 0.2) is 23.8 Å². The Morgan fingerprint density at radius 2 is 1.56 bits per heavy atom. The van der Waals surface area contributed by atoms with Crippen molar-refractivity contribution < 1.29 is 9.90 Å². The number of carbonyl (C=O) groups is 1. The summed E-state index contributed by atoms with van der Waals surface area (Å²) in [4.78, 5) is 12.8. The first-order chi connectivity index (χ1) is 14.8. The highest BCUT2D eigenvalue weighted by atomic mass is 16.3. The maximum absolute atomic E-state index is 12.8. The third-order valence-electron chi connectivity index (χ3n) is 11.6. The molecule has 3 saturated carbocycles. The van der Waals surface area contributed by atoms with Crippen LogP contribution >= 0.6 is 0 Å². The molecule has 0 aromatic carbocycles. The minimum absolute atomic E-state index is 0.0164. The standard InChI is InChI=1S/C30H48O2/c1-19-9-13-23-27(3,4)25(31)15-17-29(23,7)21(19)11-12-22-20(2)10-14-24-28(5,6)26(32)16-18-30(22,24)8/h10,21-25,31H,1,9,11-18H2,2-8H3/t21-,22-,23-,24-,25-,29-,30-/m0/s1. The van der Waals surface area contributed by atoms with Gasteiger partial charge < -0.3 is 5.11 Å². The van der Waals surface area contributed by atoms with Gasteiger partial charge >= 0.3 is 0 Å². The van der Waals surface area contributed by atoms with E-state index < -0.39 is 0 Å². The zero-order valence-electron chi connectivity index (χ0n) is 21.9. The molecule has 4 aliphatic rings. The third-order valence-corrected chi connectivity index (χ3v) is 11.6. The molecular formula is C30H48O2. The van der Waals surface area contributed by atoms with E-state index in [1.54, 1.807) is 5.57 Å². The van der Waals surface area contributed by atoms with Crippen LogP contribution in [0, 0.1) is 45.3 Å². The highest BCUT2D eigenvalue weighted by Crippen LogP contribution is 2.64. The zero-order valence-corrected chi connectivity index (χ0v) is 21.9. The molecule has 3 fully saturated rings. The number of fused-ring (bicyclic) bond motifs is 2. The summed E-state index contributed by atoms with van der Waals surface area (Å²) in [5.74, 6) is 2.58. The van der Waals surface area contributed by atoms with Gasteiger partial charge in [0.2, 0.25) is 0 Å². The van der Waals surface area contributed by atoms with E-state index in [4.69, 9.17) is 0 Å². The van der Waals surface area contributed by atoms with E-state index in [0.717, 1.165) is 38.5 Å².